The number of aliphatic hydroxyl groups is 1. The number of ketones is 1. The van der Waals surface area contributed by atoms with E-state index < -0.39 is 0 Å². The van der Waals surface area contributed by atoms with Gasteiger partial charge in [0, 0.05) is 12.3 Å². The van der Waals surface area contributed by atoms with E-state index in [1.165, 1.54) is 19.3 Å². The zero-order valence-corrected chi connectivity index (χ0v) is 11.0. The van der Waals surface area contributed by atoms with Gasteiger partial charge in [-0.25, -0.2) is 0 Å². The average molecular weight is 238 g/mol. The summed E-state index contributed by atoms with van der Waals surface area (Å²) in [5.41, 5.74) is 0. The highest BCUT2D eigenvalue weighted by molar-refractivity contribution is 5.82. The molecule has 2 heteroatoms. The van der Waals surface area contributed by atoms with Gasteiger partial charge in [-0.15, -0.1) is 0 Å². The fourth-order valence-corrected chi connectivity index (χ4v) is 3.84. The summed E-state index contributed by atoms with van der Waals surface area (Å²) in [4.78, 5) is 12.1. The van der Waals surface area contributed by atoms with Crippen molar-refractivity contribution in [1.82, 2.24) is 0 Å². The zero-order chi connectivity index (χ0) is 12.3. The van der Waals surface area contributed by atoms with Crippen LogP contribution >= 0.6 is 0 Å². The van der Waals surface area contributed by atoms with Crippen LogP contribution in [-0.2, 0) is 4.79 Å². The van der Waals surface area contributed by atoms with Crippen molar-refractivity contribution in [2.75, 3.05) is 0 Å². The molecule has 0 unspecified atom stereocenters. The van der Waals surface area contributed by atoms with E-state index in [-0.39, 0.29) is 12.0 Å². The van der Waals surface area contributed by atoms with Gasteiger partial charge in [0.1, 0.15) is 5.78 Å². The van der Waals surface area contributed by atoms with E-state index in [0.717, 1.165) is 32.1 Å². The van der Waals surface area contributed by atoms with Crippen LogP contribution in [0.25, 0.3) is 0 Å². The summed E-state index contributed by atoms with van der Waals surface area (Å²) in [6, 6.07) is 0. The van der Waals surface area contributed by atoms with E-state index in [4.69, 9.17) is 0 Å². The molecule has 2 rings (SSSR count). The Bertz CT molecular complexity index is 256. The summed E-state index contributed by atoms with van der Waals surface area (Å²) in [7, 11) is 0. The molecule has 2 nitrogen and oxygen atoms in total. The van der Waals surface area contributed by atoms with Crippen molar-refractivity contribution >= 4 is 5.78 Å². The van der Waals surface area contributed by atoms with E-state index in [2.05, 4.69) is 6.92 Å². The van der Waals surface area contributed by atoms with Crippen LogP contribution < -0.4 is 0 Å². The summed E-state index contributed by atoms with van der Waals surface area (Å²) in [5, 5.41) is 10.5. The minimum Gasteiger partial charge on any atom is -0.392 e. The first kappa shape index (κ1) is 13.1. The van der Waals surface area contributed by atoms with Gasteiger partial charge in [0.05, 0.1) is 6.10 Å². The maximum atomic E-state index is 12.1. The molecule has 0 aromatic heterocycles. The summed E-state index contributed by atoms with van der Waals surface area (Å²) in [6.07, 6.45) is 9.58. The summed E-state index contributed by atoms with van der Waals surface area (Å²) >= 11 is 0. The van der Waals surface area contributed by atoms with Crippen LogP contribution in [0.5, 0.6) is 0 Å². The SMILES string of the molecule is CC[C@H]1CCCC(=O)[C@@H]1[C@@H](O)C1CCCCC1. The number of aliphatic hydroxyl groups excluding tert-OH is 1. The molecule has 17 heavy (non-hydrogen) atoms. The molecule has 2 aliphatic carbocycles. The third-order valence-electron chi connectivity index (χ3n) is 4.90. The van der Waals surface area contributed by atoms with Crippen LogP contribution in [0, 0.1) is 17.8 Å². The lowest BCUT2D eigenvalue weighted by Gasteiger charge is -2.38. The first-order chi connectivity index (χ1) is 8.24. The lowest BCUT2D eigenvalue weighted by molar-refractivity contribution is -0.134. The zero-order valence-electron chi connectivity index (χ0n) is 11.0. The highest BCUT2D eigenvalue weighted by atomic mass is 16.3. The van der Waals surface area contributed by atoms with Crippen molar-refractivity contribution in [1.29, 1.82) is 0 Å². The molecule has 2 aliphatic rings. The number of carbonyl (C=O) groups excluding carboxylic acids is 1. The van der Waals surface area contributed by atoms with Crippen molar-refractivity contribution in [2.45, 2.75) is 70.8 Å². The molecule has 0 spiro atoms. The summed E-state index contributed by atoms with van der Waals surface area (Å²) < 4.78 is 0. The van der Waals surface area contributed by atoms with Gasteiger partial charge in [-0.2, -0.15) is 0 Å². The van der Waals surface area contributed by atoms with Crippen molar-refractivity contribution in [3.63, 3.8) is 0 Å². The third kappa shape index (κ3) is 2.90. The maximum Gasteiger partial charge on any atom is 0.138 e. The van der Waals surface area contributed by atoms with Crippen LogP contribution in [0.2, 0.25) is 0 Å². The van der Waals surface area contributed by atoms with Crippen molar-refractivity contribution < 1.29 is 9.90 Å². The predicted octanol–water partition coefficient (Wildman–Crippen LogP) is 3.32. The fourth-order valence-electron chi connectivity index (χ4n) is 3.84. The molecular weight excluding hydrogens is 212 g/mol. The highest BCUT2D eigenvalue weighted by Gasteiger charge is 2.39. The van der Waals surface area contributed by atoms with E-state index in [1.807, 2.05) is 0 Å². The smallest absolute Gasteiger partial charge is 0.138 e. The molecule has 0 aromatic carbocycles. The minimum absolute atomic E-state index is 0.0446. The molecule has 0 aromatic rings. The Labute approximate surface area is 105 Å². The molecule has 98 valence electrons. The summed E-state index contributed by atoms with van der Waals surface area (Å²) in [6.45, 7) is 2.16. The van der Waals surface area contributed by atoms with Gasteiger partial charge < -0.3 is 5.11 Å². The van der Waals surface area contributed by atoms with Gasteiger partial charge in [0.15, 0.2) is 0 Å². The number of carbonyl (C=O) groups is 1. The molecule has 0 bridgehead atoms. The van der Waals surface area contributed by atoms with Gasteiger partial charge in [-0.3, -0.25) is 4.79 Å². The van der Waals surface area contributed by atoms with Gasteiger partial charge >= 0.3 is 0 Å². The van der Waals surface area contributed by atoms with Gasteiger partial charge in [-0.05, 0) is 37.5 Å². The molecule has 1 N–H and O–H groups in total. The number of hydrogen-bond donors (Lipinski definition) is 1. The number of Topliss-reactive ketones (excluding diaryl/α,β-unsaturated/α-hetero) is 1. The lowest BCUT2D eigenvalue weighted by atomic mass is 9.69. The van der Waals surface area contributed by atoms with Gasteiger partial charge in [-0.1, -0.05) is 32.6 Å². The third-order valence-corrected chi connectivity index (χ3v) is 4.90. The number of rotatable bonds is 3. The Morgan fingerprint density at radius 1 is 1.18 bits per heavy atom. The van der Waals surface area contributed by atoms with Gasteiger partial charge in [0.25, 0.3) is 0 Å². The molecule has 3 atom stereocenters. The first-order valence-electron chi connectivity index (χ1n) is 7.44. The Morgan fingerprint density at radius 3 is 2.53 bits per heavy atom. The van der Waals surface area contributed by atoms with Crippen LogP contribution in [0.15, 0.2) is 0 Å². The second-order valence-electron chi connectivity index (χ2n) is 5.94. The van der Waals surface area contributed by atoms with Crippen LogP contribution in [0.4, 0.5) is 0 Å². The van der Waals surface area contributed by atoms with Crippen LogP contribution in [-0.4, -0.2) is 17.0 Å². The van der Waals surface area contributed by atoms with Crippen LogP contribution in [0.1, 0.15) is 64.7 Å². The highest BCUT2D eigenvalue weighted by Crippen LogP contribution is 2.38. The predicted molar refractivity (Wildman–Crippen MR) is 68.7 cm³/mol. The topological polar surface area (TPSA) is 37.3 Å². The summed E-state index contributed by atoms with van der Waals surface area (Å²) in [5.74, 6) is 1.12. The normalized spacial score (nSPS) is 33.6. The largest absolute Gasteiger partial charge is 0.392 e. The average Bonchev–Trinajstić information content (AvgIpc) is 2.38. The monoisotopic (exact) mass is 238 g/mol. The quantitative estimate of drug-likeness (QED) is 0.819. The molecule has 2 saturated carbocycles. The molecule has 0 heterocycles. The van der Waals surface area contributed by atoms with Crippen molar-refractivity contribution in [2.24, 2.45) is 17.8 Å². The molecule has 0 amide bonds. The fraction of sp³-hybridized carbons (Fsp3) is 0.933. The standard InChI is InChI=1S/C15H26O2/c1-2-11-9-6-10-13(16)14(11)15(17)12-7-4-3-5-8-12/h11-12,14-15,17H,2-10H2,1H3/t11-,14+,15-/m0/s1. The second-order valence-corrected chi connectivity index (χ2v) is 5.94. The number of hydrogen-bond acceptors (Lipinski definition) is 2. The van der Waals surface area contributed by atoms with Crippen molar-refractivity contribution in [3.05, 3.63) is 0 Å². The van der Waals surface area contributed by atoms with Crippen molar-refractivity contribution in [3.8, 4) is 0 Å². The molecule has 0 aliphatic heterocycles. The van der Waals surface area contributed by atoms with Crippen LogP contribution in [0.3, 0.4) is 0 Å². The van der Waals surface area contributed by atoms with E-state index in [1.54, 1.807) is 0 Å². The Hall–Kier alpha value is -0.370. The van der Waals surface area contributed by atoms with E-state index in [0.29, 0.717) is 24.0 Å². The van der Waals surface area contributed by atoms with Gasteiger partial charge in [0.2, 0.25) is 0 Å². The molecule has 0 radical (unpaired) electrons. The Balaban J connectivity index is 2.03. The maximum absolute atomic E-state index is 12.1. The Morgan fingerprint density at radius 2 is 1.88 bits per heavy atom. The van der Waals surface area contributed by atoms with E-state index in [9.17, 15) is 9.90 Å². The van der Waals surface area contributed by atoms with E-state index >= 15 is 0 Å². The second kappa shape index (κ2) is 5.99. The first-order valence-corrected chi connectivity index (χ1v) is 7.44. The molecule has 0 saturated heterocycles. The minimum atomic E-state index is -0.354. The molecular formula is C15H26O2. The Kier molecular flexibility index (Phi) is 4.61. The molecule has 2 fully saturated rings. The lowest BCUT2D eigenvalue weighted by Crippen LogP contribution is -2.42.